The van der Waals surface area contributed by atoms with Crippen molar-refractivity contribution in [2.45, 2.75) is 31.7 Å². The molecule has 1 heterocycles. The molecule has 104 valence electrons. The molecule has 0 saturated carbocycles. The van der Waals surface area contributed by atoms with Gasteiger partial charge in [-0.25, -0.2) is 0 Å². The van der Waals surface area contributed by atoms with Gasteiger partial charge in [0.15, 0.2) is 0 Å². The Labute approximate surface area is 113 Å². The summed E-state index contributed by atoms with van der Waals surface area (Å²) in [4.78, 5) is 13.8. The lowest BCUT2D eigenvalue weighted by Gasteiger charge is -2.28. The maximum absolute atomic E-state index is 11.6. The summed E-state index contributed by atoms with van der Waals surface area (Å²) in [7, 11) is 0. The molecule has 5 heteroatoms. The fourth-order valence-electron chi connectivity index (χ4n) is 2.78. The first-order valence-electron chi connectivity index (χ1n) is 6.70. The minimum Gasteiger partial charge on any atom is -0.399 e. The SMILES string of the molecule is NC(=O)c1cc(N)ccc1N1CCCC1CCCO. The third-order valence-electron chi connectivity index (χ3n) is 3.67. The van der Waals surface area contributed by atoms with E-state index in [0.717, 1.165) is 37.9 Å². The first kappa shape index (κ1) is 13.7. The van der Waals surface area contributed by atoms with Gasteiger partial charge in [-0.05, 0) is 43.9 Å². The first-order chi connectivity index (χ1) is 9.13. The van der Waals surface area contributed by atoms with Crippen LogP contribution in [0.25, 0.3) is 0 Å². The second-order valence-electron chi connectivity index (χ2n) is 5.00. The number of benzene rings is 1. The monoisotopic (exact) mass is 263 g/mol. The van der Waals surface area contributed by atoms with E-state index < -0.39 is 5.91 Å². The molecule has 19 heavy (non-hydrogen) atoms. The Kier molecular flexibility index (Phi) is 4.27. The number of hydrogen-bond acceptors (Lipinski definition) is 4. The number of carbonyl (C=O) groups is 1. The van der Waals surface area contributed by atoms with Gasteiger partial charge in [-0.15, -0.1) is 0 Å². The smallest absolute Gasteiger partial charge is 0.250 e. The van der Waals surface area contributed by atoms with Crippen LogP contribution in [0.4, 0.5) is 11.4 Å². The molecule has 5 nitrogen and oxygen atoms in total. The van der Waals surface area contributed by atoms with Crippen LogP contribution in [0.15, 0.2) is 18.2 Å². The van der Waals surface area contributed by atoms with Crippen molar-refractivity contribution in [1.82, 2.24) is 0 Å². The largest absolute Gasteiger partial charge is 0.399 e. The van der Waals surface area contributed by atoms with E-state index in [9.17, 15) is 4.79 Å². The molecule has 0 aliphatic carbocycles. The summed E-state index contributed by atoms with van der Waals surface area (Å²) in [6, 6.07) is 5.67. The van der Waals surface area contributed by atoms with Crippen LogP contribution < -0.4 is 16.4 Å². The Morgan fingerprint density at radius 1 is 1.47 bits per heavy atom. The fourth-order valence-corrected chi connectivity index (χ4v) is 2.78. The molecule has 0 aromatic heterocycles. The van der Waals surface area contributed by atoms with Gasteiger partial charge in [0, 0.05) is 30.6 Å². The average Bonchev–Trinajstić information content (AvgIpc) is 2.84. The second kappa shape index (κ2) is 5.93. The number of primary amides is 1. The number of amides is 1. The number of aliphatic hydroxyl groups excluding tert-OH is 1. The number of nitrogens with two attached hydrogens (primary N) is 2. The Balaban J connectivity index is 2.27. The van der Waals surface area contributed by atoms with Crippen LogP contribution in [0.1, 0.15) is 36.0 Å². The molecule has 1 atom stereocenters. The number of anilines is 2. The topological polar surface area (TPSA) is 92.6 Å². The lowest BCUT2D eigenvalue weighted by Crippen LogP contribution is -2.31. The maximum atomic E-state index is 11.6. The summed E-state index contributed by atoms with van der Waals surface area (Å²) in [6.45, 7) is 1.12. The molecular formula is C14H21N3O2. The van der Waals surface area contributed by atoms with Gasteiger partial charge in [0.1, 0.15) is 0 Å². The van der Waals surface area contributed by atoms with Gasteiger partial charge in [-0.2, -0.15) is 0 Å². The van der Waals surface area contributed by atoms with Crippen LogP contribution in [0.3, 0.4) is 0 Å². The molecule has 1 fully saturated rings. The normalized spacial score (nSPS) is 18.8. The van der Waals surface area contributed by atoms with E-state index in [1.807, 2.05) is 6.07 Å². The Hall–Kier alpha value is -1.75. The standard InChI is InChI=1S/C14H21N3O2/c15-10-5-6-13(12(9-10)14(16)19)17-7-1-3-11(17)4-2-8-18/h5-6,9,11,18H,1-4,7-8,15H2,(H2,16,19). The predicted octanol–water partition coefficient (Wildman–Crippen LogP) is 1.11. The molecule has 0 bridgehead atoms. The van der Waals surface area contributed by atoms with Gasteiger partial charge in [-0.1, -0.05) is 0 Å². The quantitative estimate of drug-likeness (QED) is 0.694. The molecule has 0 radical (unpaired) electrons. The summed E-state index contributed by atoms with van der Waals surface area (Å²) >= 11 is 0. The van der Waals surface area contributed by atoms with Gasteiger partial charge in [-0.3, -0.25) is 4.79 Å². The molecule has 1 saturated heterocycles. The minimum absolute atomic E-state index is 0.203. The molecule has 1 aromatic rings. The average molecular weight is 263 g/mol. The third kappa shape index (κ3) is 2.98. The first-order valence-corrected chi connectivity index (χ1v) is 6.70. The summed E-state index contributed by atoms with van der Waals surface area (Å²) < 4.78 is 0. The lowest BCUT2D eigenvalue weighted by molar-refractivity contribution is 0.100. The summed E-state index contributed by atoms with van der Waals surface area (Å²) in [5, 5.41) is 8.95. The zero-order chi connectivity index (χ0) is 13.8. The van der Waals surface area contributed by atoms with E-state index in [-0.39, 0.29) is 6.61 Å². The molecule has 1 aliphatic rings. The van der Waals surface area contributed by atoms with E-state index in [0.29, 0.717) is 17.3 Å². The Bertz CT molecular complexity index is 462. The zero-order valence-corrected chi connectivity index (χ0v) is 11.0. The van der Waals surface area contributed by atoms with Crippen molar-refractivity contribution < 1.29 is 9.90 Å². The molecule has 0 spiro atoms. The number of aliphatic hydroxyl groups is 1. The van der Waals surface area contributed by atoms with Crippen LogP contribution in [0.2, 0.25) is 0 Å². The van der Waals surface area contributed by atoms with Crippen LogP contribution in [0.5, 0.6) is 0 Å². The highest BCUT2D eigenvalue weighted by molar-refractivity contribution is 5.99. The van der Waals surface area contributed by atoms with E-state index in [2.05, 4.69) is 4.90 Å². The van der Waals surface area contributed by atoms with Crippen molar-refractivity contribution in [1.29, 1.82) is 0 Å². The number of hydrogen-bond donors (Lipinski definition) is 3. The van der Waals surface area contributed by atoms with E-state index in [1.54, 1.807) is 12.1 Å². The number of carbonyl (C=O) groups excluding carboxylic acids is 1. The molecule has 1 aromatic carbocycles. The maximum Gasteiger partial charge on any atom is 0.250 e. The molecular weight excluding hydrogens is 242 g/mol. The van der Waals surface area contributed by atoms with Crippen molar-refractivity contribution in [3.8, 4) is 0 Å². The molecule has 5 N–H and O–H groups in total. The lowest BCUT2D eigenvalue weighted by atomic mass is 10.1. The highest BCUT2D eigenvalue weighted by atomic mass is 16.2. The number of nitrogens with zero attached hydrogens (tertiary/aromatic N) is 1. The summed E-state index contributed by atoms with van der Waals surface area (Å²) in [6.07, 6.45) is 3.89. The second-order valence-corrected chi connectivity index (χ2v) is 5.00. The Morgan fingerprint density at radius 3 is 2.95 bits per heavy atom. The minimum atomic E-state index is -0.449. The van der Waals surface area contributed by atoms with E-state index in [4.69, 9.17) is 16.6 Å². The predicted molar refractivity (Wildman–Crippen MR) is 76.1 cm³/mol. The van der Waals surface area contributed by atoms with Crippen molar-refractivity contribution >= 4 is 17.3 Å². The summed E-state index contributed by atoms with van der Waals surface area (Å²) in [5.74, 6) is -0.449. The Morgan fingerprint density at radius 2 is 2.26 bits per heavy atom. The van der Waals surface area contributed by atoms with E-state index in [1.165, 1.54) is 0 Å². The number of nitrogen functional groups attached to an aromatic ring is 1. The zero-order valence-electron chi connectivity index (χ0n) is 11.0. The van der Waals surface area contributed by atoms with Gasteiger partial charge in [0.05, 0.1) is 5.56 Å². The van der Waals surface area contributed by atoms with E-state index >= 15 is 0 Å². The number of rotatable bonds is 5. The van der Waals surface area contributed by atoms with Gasteiger partial charge in [0.2, 0.25) is 0 Å². The highest BCUT2D eigenvalue weighted by Crippen LogP contribution is 2.31. The van der Waals surface area contributed by atoms with Gasteiger partial charge >= 0.3 is 0 Å². The van der Waals surface area contributed by atoms with Crippen molar-refractivity contribution in [2.75, 3.05) is 23.8 Å². The fraction of sp³-hybridized carbons (Fsp3) is 0.500. The third-order valence-corrected chi connectivity index (χ3v) is 3.67. The van der Waals surface area contributed by atoms with Crippen molar-refractivity contribution in [2.24, 2.45) is 5.73 Å². The van der Waals surface area contributed by atoms with Crippen molar-refractivity contribution in [3.05, 3.63) is 23.8 Å². The van der Waals surface area contributed by atoms with Crippen LogP contribution >= 0.6 is 0 Å². The molecule has 1 amide bonds. The summed E-state index contributed by atoms with van der Waals surface area (Å²) in [5.41, 5.74) is 13.0. The molecule has 1 aliphatic heterocycles. The van der Waals surface area contributed by atoms with Gasteiger partial charge in [0.25, 0.3) is 5.91 Å². The van der Waals surface area contributed by atoms with Crippen LogP contribution in [0, 0.1) is 0 Å². The molecule has 1 unspecified atom stereocenters. The highest BCUT2D eigenvalue weighted by Gasteiger charge is 2.26. The van der Waals surface area contributed by atoms with Crippen LogP contribution in [-0.2, 0) is 0 Å². The molecule has 2 rings (SSSR count). The van der Waals surface area contributed by atoms with Crippen molar-refractivity contribution in [3.63, 3.8) is 0 Å². The van der Waals surface area contributed by atoms with Gasteiger partial charge < -0.3 is 21.5 Å². The van der Waals surface area contributed by atoms with Crippen LogP contribution in [-0.4, -0.2) is 30.2 Å².